The fraction of sp³-hybridized carbons (Fsp3) is 0.300. The van der Waals surface area contributed by atoms with E-state index in [0.29, 0.717) is 28.5 Å². The summed E-state index contributed by atoms with van der Waals surface area (Å²) in [4.78, 5) is 25.4. The minimum Gasteiger partial charge on any atom is -0.493 e. The second kappa shape index (κ2) is 9.23. The van der Waals surface area contributed by atoms with Crippen LogP contribution in [0.3, 0.4) is 0 Å². The first kappa shape index (κ1) is 20.5. The van der Waals surface area contributed by atoms with Crippen molar-refractivity contribution >= 4 is 34.3 Å². The highest BCUT2D eigenvalue weighted by atomic mass is 32.1. The lowest BCUT2D eigenvalue weighted by atomic mass is 10.1. The van der Waals surface area contributed by atoms with Gasteiger partial charge in [-0.15, -0.1) is 11.3 Å². The number of nitrogens with one attached hydrogen (secondary N) is 1. The third-order valence-electron chi connectivity index (χ3n) is 4.02. The molecule has 0 spiro atoms. The average molecular weight is 389 g/mol. The molecule has 1 N–H and O–H groups in total. The van der Waals surface area contributed by atoms with Gasteiger partial charge in [-0.25, -0.2) is 4.79 Å². The van der Waals surface area contributed by atoms with Crippen LogP contribution >= 0.6 is 11.3 Å². The molecule has 0 radical (unpaired) electrons. The van der Waals surface area contributed by atoms with Crippen molar-refractivity contribution in [2.24, 2.45) is 0 Å². The molecule has 0 saturated heterocycles. The number of carbonyl (C=O) groups excluding carboxylic acids is 2. The summed E-state index contributed by atoms with van der Waals surface area (Å²) < 4.78 is 15.3. The molecule has 0 aliphatic heterocycles. The van der Waals surface area contributed by atoms with Crippen molar-refractivity contribution in [1.82, 2.24) is 0 Å². The van der Waals surface area contributed by atoms with Crippen molar-refractivity contribution in [1.29, 1.82) is 0 Å². The monoisotopic (exact) mass is 389 g/mol. The summed E-state index contributed by atoms with van der Waals surface area (Å²) in [6, 6.07) is 5.35. The molecule has 1 heterocycles. The maximum absolute atomic E-state index is 12.3. The topological polar surface area (TPSA) is 73.9 Å². The number of methoxy groups -OCH3 is 3. The molecule has 144 valence electrons. The molecular formula is C20H23NO5S. The summed E-state index contributed by atoms with van der Waals surface area (Å²) in [6.45, 7) is 3.88. The largest absolute Gasteiger partial charge is 0.493 e. The van der Waals surface area contributed by atoms with E-state index in [1.54, 1.807) is 32.4 Å². The van der Waals surface area contributed by atoms with E-state index >= 15 is 0 Å². The van der Waals surface area contributed by atoms with Gasteiger partial charge in [0.1, 0.15) is 5.00 Å². The Bertz CT molecular complexity index is 869. The van der Waals surface area contributed by atoms with Crippen LogP contribution in [0.4, 0.5) is 5.00 Å². The molecule has 0 bridgehead atoms. The SMILES string of the molecule is CCc1c(C)sc(NC(=O)C=Cc2ccc(OC)c(OC)c2)c1C(=O)OC. The lowest BCUT2D eigenvalue weighted by Gasteiger charge is -2.07. The number of rotatable bonds is 7. The van der Waals surface area contributed by atoms with Gasteiger partial charge in [0.05, 0.1) is 26.9 Å². The van der Waals surface area contributed by atoms with E-state index in [1.807, 2.05) is 19.9 Å². The number of esters is 1. The second-order valence-electron chi connectivity index (χ2n) is 5.62. The average Bonchev–Trinajstić information content (AvgIpc) is 2.99. The Kier molecular flexibility index (Phi) is 7.01. The summed E-state index contributed by atoms with van der Waals surface area (Å²) in [5.41, 5.74) is 2.11. The van der Waals surface area contributed by atoms with Gasteiger partial charge < -0.3 is 19.5 Å². The molecule has 7 heteroatoms. The van der Waals surface area contributed by atoms with E-state index in [9.17, 15) is 9.59 Å². The number of anilines is 1. The number of benzene rings is 1. The molecule has 1 amide bonds. The maximum Gasteiger partial charge on any atom is 0.341 e. The number of carbonyl (C=O) groups is 2. The Morgan fingerprint density at radius 2 is 1.85 bits per heavy atom. The highest BCUT2D eigenvalue weighted by Crippen LogP contribution is 2.34. The quantitative estimate of drug-likeness (QED) is 0.571. The number of aryl methyl sites for hydroxylation is 1. The Morgan fingerprint density at radius 1 is 1.15 bits per heavy atom. The van der Waals surface area contributed by atoms with Gasteiger partial charge in [-0.3, -0.25) is 4.79 Å². The standard InChI is InChI=1S/C20H23NO5S/c1-6-14-12(2)27-19(18(14)20(23)26-5)21-17(22)10-8-13-7-9-15(24-3)16(11-13)25-4/h7-11H,6H2,1-5H3,(H,21,22). The third-order valence-corrected chi connectivity index (χ3v) is 5.09. The Balaban J connectivity index is 2.21. The van der Waals surface area contributed by atoms with Crippen molar-refractivity contribution in [3.8, 4) is 11.5 Å². The molecular weight excluding hydrogens is 366 g/mol. The fourth-order valence-electron chi connectivity index (χ4n) is 2.69. The molecule has 0 saturated carbocycles. The molecule has 0 aliphatic rings. The molecule has 1 aromatic heterocycles. The van der Waals surface area contributed by atoms with E-state index < -0.39 is 5.97 Å². The smallest absolute Gasteiger partial charge is 0.341 e. The van der Waals surface area contributed by atoms with Gasteiger partial charge in [0, 0.05) is 11.0 Å². The van der Waals surface area contributed by atoms with Crippen LogP contribution in [0.2, 0.25) is 0 Å². The van der Waals surface area contributed by atoms with Crippen molar-refractivity contribution in [3.63, 3.8) is 0 Å². The van der Waals surface area contributed by atoms with E-state index in [0.717, 1.165) is 16.0 Å². The van der Waals surface area contributed by atoms with E-state index in [4.69, 9.17) is 14.2 Å². The predicted molar refractivity (Wildman–Crippen MR) is 107 cm³/mol. The van der Waals surface area contributed by atoms with Gasteiger partial charge in [-0.1, -0.05) is 13.0 Å². The molecule has 1 aromatic carbocycles. The number of hydrogen-bond acceptors (Lipinski definition) is 6. The van der Waals surface area contributed by atoms with Crippen LogP contribution in [-0.4, -0.2) is 33.2 Å². The fourth-order valence-corrected chi connectivity index (χ4v) is 3.83. The molecule has 0 fully saturated rings. The van der Waals surface area contributed by atoms with Crippen LogP contribution in [0.1, 0.15) is 33.3 Å². The zero-order chi connectivity index (χ0) is 20.0. The molecule has 2 aromatic rings. The van der Waals surface area contributed by atoms with Crippen LogP contribution in [0.15, 0.2) is 24.3 Å². The van der Waals surface area contributed by atoms with E-state index in [-0.39, 0.29) is 5.91 Å². The molecule has 27 heavy (non-hydrogen) atoms. The van der Waals surface area contributed by atoms with E-state index in [2.05, 4.69) is 5.32 Å². The van der Waals surface area contributed by atoms with Crippen molar-refractivity contribution in [2.75, 3.05) is 26.6 Å². The third kappa shape index (κ3) is 4.68. The van der Waals surface area contributed by atoms with Gasteiger partial charge in [-0.05, 0) is 42.7 Å². The Morgan fingerprint density at radius 3 is 2.44 bits per heavy atom. The van der Waals surface area contributed by atoms with Crippen LogP contribution in [0, 0.1) is 6.92 Å². The van der Waals surface area contributed by atoms with Crippen molar-refractivity contribution in [2.45, 2.75) is 20.3 Å². The molecule has 0 unspecified atom stereocenters. The van der Waals surface area contributed by atoms with Gasteiger partial charge in [0.15, 0.2) is 11.5 Å². The lowest BCUT2D eigenvalue weighted by Crippen LogP contribution is -2.12. The molecule has 0 aliphatic carbocycles. The number of amides is 1. The maximum atomic E-state index is 12.3. The van der Waals surface area contributed by atoms with Crippen molar-refractivity contribution in [3.05, 3.63) is 45.8 Å². The summed E-state index contributed by atoms with van der Waals surface area (Å²) in [7, 11) is 4.45. The first-order valence-corrected chi connectivity index (χ1v) is 9.18. The summed E-state index contributed by atoms with van der Waals surface area (Å²) in [6.07, 6.45) is 3.75. The number of hydrogen-bond donors (Lipinski definition) is 1. The normalized spacial score (nSPS) is 10.7. The minimum atomic E-state index is -0.449. The second-order valence-corrected chi connectivity index (χ2v) is 6.85. The van der Waals surface area contributed by atoms with Crippen molar-refractivity contribution < 1.29 is 23.8 Å². The van der Waals surface area contributed by atoms with Gasteiger partial charge in [0.25, 0.3) is 0 Å². The summed E-state index contributed by atoms with van der Waals surface area (Å²) >= 11 is 1.37. The van der Waals surface area contributed by atoms with Gasteiger partial charge >= 0.3 is 5.97 Å². The van der Waals surface area contributed by atoms with Gasteiger partial charge in [-0.2, -0.15) is 0 Å². The number of thiophene rings is 1. The highest BCUT2D eigenvalue weighted by molar-refractivity contribution is 7.16. The molecule has 6 nitrogen and oxygen atoms in total. The predicted octanol–water partition coefficient (Wildman–Crippen LogP) is 4.07. The Hall–Kier alpha value is -2.80. The lowest BCUT2D eigenvalue weighted by molar-refractivity contribution is -0.111. The van der Waals surface area contributed by atoms with Gasteiger partial charge in [0.2, 0.25) is 5.91 Å². The highest BCUT2D eigenvalue weighted by Gasteiger charge is 2.22. The minimum absolute atomic E-state index is 0.334. The first-order valence-electron chi connectivity index (χ1n) is 8.36. The summed E-state index contributed by atoms with van der Waals surface area (Å²) in [5, 5.41) is 3.28. The van der Waals surface area contributed by atoms with Crippen LogP contribution < -0.4 is 14.8 Å². The zero-order valence-corrected chi connectivity index (χ0v) is 16.9. The van der Waals surface area contributed by atoms with Crippen LogP contribution in [0.5, 0.6) is 11.5 Å². The summed E-state index contributed by atoms with van der Waals surface area (Å²) in [5.74, 6) is 0.409. The molecule has 2 rings (SSSR count). The molecule has 0 atom stereocenters. The van der Waals surface area contributed by atoms with Crippen LogP contribution in [0.25, 0.3) is 6.08 Å². The van der Waals surface area contributed by atoms with E-state index in [1.165, 1.54) is 24.5 Å². The number of ether oxygens (including phenoxy) is 3. The van der Waals surface area contributed by atoms with Crippen LogP contribution in [-0.2, 0) is 16.0 Å². The zero-order valence-electron chi connectivity index (χ0n) is 16.0. The first-order chi connectivity index (χ1) is 12.9. The Labute approximate surface area is 162 Å².